The minimum absolute atomic E-state index is 0.776. The van der Waals surface area contributed by atoms with Gasteiger partial charge < -0.3 is 4.52 Å². The highest BCUT2D eigenvalue weighted by Crippen LogP contribution is 2.30. The first kappa shape index (κ1) is 17.8. The molecule has 0 aliphatic carbocycles. The number of benzene rings is 2. The van der Waals surface area contributed by atoms with Gasteiger partial charge >= 0.3 is 0 Å². The van der Waals surface area contributed by atoms with Crippen LogP contribution < -0.4 is 0 Å². The summed E-state index contributed by atoms with van der Waals surface area (Å²) in [7, 11) is 0. The Labute approximate surface area is 170 Å². The van der Waals surface area contributed by atoms with E-state index < -0.39 is 0 Å². The summed E-state index contributed by atoms with van der Waals surface area (Å²) in [5, 5.41) is 4.34. The van der Waals surface area contributed by atoms with E-state index in [9.17, 15) is 0 Å². The van der Waals surface area contributed by atoms with Gasteiger partial charge in [-0.2, -0.15) is 0 Å². The largest absolute Gasteiger partial charge is 0.360 e. The van der Waals surface area contributed by atoms with E-state index >= 15 is 0 Å². The topological polar surface area (TPSA) is 55.1 Å². The van der Waals surface area contributed by atoms with Crippen molar-refractivity contribution in [3.05, 3.63) is 89.4 Å². The second-order valence-corrected chi connectivity index (χ2v) is 7.49. The van der Waals surface area contributed by atoms with E-state index in [2.05, 4.69) is 51.2 Å². The van der Waals surface area contributed by atoms with Crippen molar-refractivity contribution in [2.45, 2.75) is 26.4 Å². The maximum Gasteiger partial charge on any atom is 0.159 e. The van der Waals surface area contributed by atoms with E-state index in [-0.39, 0.29) is 0 Å². The molecule has 2 aromatic heterocycles. The third-order valence-electron chi connectivity index (χ3n) is 5.45. The van der Waals surface area contributed by atoms with Crippen molar-refractivity contribution < 1.29 is 4.52 Å². The molecule has 0 atom stereocenters. The van der Waals surface area contributed by atoms with Crippen molar-refractivity contribution in [3.8, 4) is 22.6 Å². The lowest BCUT2D eigenvalue weighted by Gasteiger charge is -2.25. The molecule has 144 valence electrons. The summed E-state index contributed by atoms with van der Waals surface area (Å²) in [4.78, 5) is 11.6. The molecule has 5 rings (SSSR count). The Morgan fingerprint density at radius 1 is 0.966 bits per heavy atom. The average Bonchev–Trinajstić information content (AvgIpc) is 3.19. The maximum absolute atomic E-state index is 5.61. The SMILES string of the molecule is Cc1ccccc1-c1ncc(CN2CCc3onc(-c4ccccc4)c3C2)cn1. The summed E-state index contributed by atoms with van der Waals surface area (Å²) in [5.41, 5.74) is 6.63. The molecule has 5 heteroatoms. The molecule has 29 heavy (non-hydrogen) atoms. The monoisotopic (exact) mass is 382 g/mol. The van der Waals surface area contributed by atoms with Gasteiger partial charge in [-0.25, -0.2) is 9.97 Å². The van der Waals surface area contributed by atoms with E-state index in [4.69, 9.17) is 4.52 Å². The predicted octanol–water partition coefficient (Wildman–Crippen LogP) is 4.67. The van der Waals surface area contributed by atoms with Gasteiger partial charge in [0.2, 0.25) is 0 Å². The molecule has 0 bridgehead atoms. The Kier molecular flexibility index (Phi) is 4.66. The van der Waals surface area contributed by atoms with Crippen LogP contribution in [0.3, 0.4) is 0 Å². The molecule has 0 amide bonds. The van der Waals surface area contributed by atoms with Crippen LogP contribution in [-0.4, -0.2) is 26.6 Å². The highest BCUT2D eigenvalue weighted by Gasteiger charge is 2.25. The molecule has 0 N–H and O–H groups in total. The Bertz CT molecular complexity index is 1120. The van der Waals surface area contributed by atoms with Gasteiger partial charge in [0.1, 0.15) is 11.5 Å². The first-order chi connectivity index (χ1) is 14.3. The van der Waals surface area contributed by atoms with Gasteiger partial charge in [-0.05, 0) is 12.5 Å². The van der Waals surface area contributed by atoms with Gasteiger partial charge in [-0.1, -0.05) is 59.8 Å². The lowest BCUT2D eigenvalue weighted by molar-refractivity contribution is 0.228. The van der Waals surface area contributed by atoms with Crippen LogP contribution in [0.2, 0.25) is 0 Å². The van der Waals surface area contributed by atoms with Crippen molar-refractivity contribution in [3.63, 3.8) is 0 Å². The van der Waals surface area contributed by atoms with E-state index in [1.165, 1.54) is 11.1 Å². The predicted molar refractivity (Wildman–Crippen MR) is 112 cm³/mol. The van der Waals surface area contributed by atoms with Crippen molar-refractivity contribution >= 4 is 0 Å². The summed E-state index contributed by atoms with van der Waals surface area (Å²) in [6, 6.07) is 18.4. The first-order valence-corrected chi connectivity index (χ1v) is 9.90. The zero-order chi connectivity index (χ0) is 19.6. The molecular formula is C24H22N4O. The first-order valence-electron chi connectivity index (χ1n) is 9.90. The fourth-order valence-corrected chi connectivity index (χ4v) is 3.88. The number of hydrogen-bond donors (Lipinski definition) is 0. The van der Waals surface area contributed by atoms with E-state index in [1.807, 2.05) is 42.7 Å². The van der Waals surface area contributed by atoms with Crippen LogP contribution in [0.5, 0.6) is 0 Å². The number of nitrogens with zero attached hydrogens (tertiary/aromatic N) is 4. The van der Waals surface area contributed by atoms with Crippen molar-refractivity contribution in [1.82, 2.24) is 20.0 Å². The third kappa shape index (κ3) is 3.57. The van der Waals surface area contributed by atoms with Crippen LogP contribution in [0.25, 0.3) is 22.6 Å². The summed E-state index contributed by atoms with van der Waals surface area (Å²) in [5.74, 6) is 1.78. The van der Waals surface area contributed by atoms with Gasteiger partial charge in [0.25, 0.3) is 0 Å². The van der Waals surface area contributed by atoms with Crippen molar-refractivity contribution in [2.75, 3.05) is 6.54 Å². The second-order valence-electron chi connectivity index (χ2n) is 7.49. The van der Waals surface area contributed by atoms with Crippen LogP contribution in [0.1, 0.15) is 22.5 Å². The second kappa shape index (κ2) is 7.60. The molecule has 4 aromatic rings. The average molecular weight is 382 g/mol. The highest BCUT2D eigenvalue weighted by molar-refractivity contribution is 5.63. The Morgan fingerprint density at radius 2 is 1.72 bits per heavy atom. The number of rotatable bonds is 4. The molecule has 0 unspecified atom stereocenters. The van der Waals surface area contributed by atoms with Gasteiger partial charge in [0, 0.05) is 60.7 Å². The molecular weight excluding hydrogens is 360 g/mol. The molecule has 5 nitrogen and oxygen atoms in total. The van der Waals surface area contributed by atoms with Crippen molar-refractivity contribution in [2.24, 2.45) is 0 Å². The molecule has 0 spiro atoms. The van der Waals surface area contributed by atoms with E-state index in [0.29, 0.717) is 0 Å². The maximum atomic E-state index is 5.61. The Balaban J connectivity index is 1.33. The smallest absolute Gasteiger partial charge is 0.159 e. The van der Waals surface area contributed by atoms with E-state index in [1.54, 1.807) is 0 Å². The minimum atomic E-state index is 0.776. The molecule has 1 aliphatic rings. The third-order valence-corrected chi connectivity index (χ3v) is 5.45. The zero-order valence-corrected chi connectivity index (χ0v) is 16.4. The fourth-order valence-electron chi connectivity index (χ4n) is 3.88. The highest BCUT2D eigenvalue weighted by atomic mass is 16.5. The lowest BCUT2D eigenvalue weighted by atomic mass is 10.0. The van der Waals surface area contributed by atoms with Gasteiger partial charge in [-0.15, -0.1) is 0 Å². The molecule has 0 saturated carbocycles. The van der Waals surface area contributed by atoms with Crippen LogP contribution in [0, 0.1) is 6.92 Å². The molecule has 0 fully saturated rings. The van der Waals surface area contributed by atoms with E-state index in [0.717, 1.165) is 60.0 Å². The number of aromatic nitrogens is 3. The van der Waals surface area contributed by atoms with Gasteiger partial charge in [0.15, 0.2) is 5.82 Å². The number of hydrogen-bond acceptors (Lipinski definition) is 5. The summed E-state index contributed by atoms with van der Waals surface area (Å²) in [6.45, 7) is 4.66. The Morgan fingerprint density at radius 3 is 2.52 bits per heavy atom. The van der Waals surface area contributed by atoms with Gasteiger partial charge in [-0.3, -0.25) is 4.90 Å². The van der Waals surface area contributed by atoms with Crippen LogP contribution in [0.4, 0.5) is 0 Å². The normalized spacial score (nSPS) is 14.0. The lowest BCUT2D eigenvalue weighted by Crippen LogP contribution is -2.29. The zero-order valence-electron chi connectivity index (χ0n) is 16.4. The number of aryl methyl sites for hydroxylation is 1. The summed E-state index contributed by atoms with van der Waals surface area (Å²) >= 11 is 0. The summed E-state index contributed by atoms with van der Waals surface area (Å²) < 4.78 is 5.61. The van der Waals surface area contributed by atoms with Crippen LogP contribution in [0.15, 0.2) is 71.5 Å². The molecule has 1 aliphatic heterocycles. The standard InChI is InChI=1S/C24H22N4O/c1-17-7-5-6-10-20(17)24-25-13-18(14-26-24)15-28-12-11-22-21(16-28)23(27-29-22)19-8-3-2-4-9-19/h2-10,13-14H,11-12,15-16H2,1H3. The molecule has 0 saturated heterocycles. The summed E-state index contributed by atoms with van der Waals surface area (Å²) in [6.07, 6.45) is 4.75. The fraction of sp³-hybridized carbons (Fsp3) is 0.208. The van der Waals surface area contributed by atoms with Crippen LogP contribution in [-0.2, 0) is 19.5 Å². The van der Waals surface area contributed by atoms with Gasteiger partial charge in [0.05, 0.1) is 0 Å². The molecule has 0 radical (unpaired) electrons. The molecule has 2 aromatic carbocycles. The minimum Gasteiger partial charge on any atom is -0.360 e. The quantitative estimate of drug-likeness (QED) is 0.514. The number of fused-ring (bicyclic) bond motifs is 1. The molecule has 3 heterocycles. The van der Waals surface area contributed by atoms with Crippen molar-refractivity contribution in [1.29, 1.82) is 0 Å². The Hall–Kier alpha value is -3.31. The van der Waals surface area contributed by atoms with Crippen LogP contribution >= 0.6 is 0 Å².